The van der Waals surface area contributed by atoms with E-state index in [1.165, 1.54) is 6.92 Å². The van der Waals surface area contributed by atoms with Gasteiger partial charge in [0.25, 0.3) is 5.91 Å². The van der Waals surface area contributed by atoms with Crippen LogP contribution in [0.3, 0.4) is 0 Å². The van der Waals surface area contributed by atoms with E-state index in [9.17, 15) is 9.90 Å². The van der Waals surface area contributed by atoms with E-state index in [-0.39, 0.29) is 5.91 Å². The highest BCUT2D eigenvalue weighted by atomic mass is 32.2. The average Bonchev–Trinajstić information content (AvgIpc) is 3.67. The molecule has 2 fully saturated rings. The number of thioether (sulfide) groups is 1. The standard InChI is InChI=1S/C18H24N4O.C18H28O3S.C2H4O/c1-4-6-13(5-2)11-19-18(23)15-7-8-16-17(20-15)21(3)14-9-10-22(16)12-14;1-7-8-9-15(10-14(4)13(2)3)20-11-16-17(22-16)12-21-18(5,6)19;1-2-3/h4-8,14H,9-12H2,1-3H3,(H,19,23);7,9-10,13,16-17,19H,4,11-12H2,1-3,5-6H3;2H,1H3/b6-4-,13-5+;15-10+;. The molecule has 10 heteroatoms. The van der Waals surface area contributed by atoms with Gasteiger partial charge in [0.15, 0.2) is 11.6 Å². The predicted molar refractivity (Wildman–Crippen MR) is 200 cm³/mol. The maximum Gasteiger partial charge on any atom is 0.270 e. The van der Waals surface area contributed by atoms with E-state index < -0.39 is 5.79 Å². The fourth-order valence-electron chi connectivity index (χ4n) is 4.84. The van der Waals surface area contributed by atoms with Crippen LogP contribution in [0.4, 0.5) is 11.5 Å². The average molecular weight is 681 g/mol. The fourth-order valence-corrected chi connectivity index (χ4v) is 5.65. The molecule has 0 saturated carbocycles. The van der Waals surface area contributed by atoms with Crippen LogP contribution in [0.25, 0.3) is 0 Å². The summed E-state index contributed by atoms with van der Waals surface area (Å²) < 4.78 is 11.3. The molecule has 2 N–H and O–H groups in total. The maximum absolute atomic E-state index is 12.4. The first-order valence-corrected chi connectivity index (χ1v) is 17.6. The number of rotatable bonds is 13. The van der Waals surface area contributed by atoms with Crippen molar-refractivity contribution in [3.8, 4) is 0 Å². The van der Waals surface area contributed by atoms with Crippen LogP contribution in [0, 0.1) is 5.92 Å². The number of aromatic nitrogens is 1. The number of carbonyl (C=O) groups is 2. The highest BCUT2D eigenvalue weighted by Crippen LogP contribution is 2.42. The van der Waals surface area contributed by atoms with Crippen LogP contribution in [0.1, 0.15) is 72.3 Å². The number of carbonyl (C=O) groups excluding carboxylic acids is 2. The number of hydrogen-bond acceptors (Lipinski definition) is 9. The van der Waals surface area contributed by atoms with Gasteiger partial charge in [0.2, 0.25) is 0 Å². The topological polar surface area (TPSA) is 104 Å². The number of nitrogens with one attached hydrogen (secondary N) is 1. The van der Waals surface area contributed by atoms with E-state index in [1.807, 2.05) is 81.1 Å². The van der Waals surface area contributed by atoms with Crippen LogP contribution < -0.4 is 15.1 Å². The molecule has 0 aliphatic carbocycles. The Hall–Kier alpha value is -3.56. The van der Waals surface area contributed by atoms with Gasteiger partial charge in [-0.1, -0.05) is 38.7 Å². The first kappa shape index (κ1) is 40.6. The SMILES string of the molecule is C/C=C\C(=C/C)CNC(=O)c1ccc2c(n1)N(C)C1CCN2C1.C=C(/C=C(\C=C=CC)OCC1SC1COC(C)(C)O)C(C)C.CC=O. The second-order valence-electron chi connectivity index (χ2n) is 12.5. The largest absolute Gasteiger partial charge is 0.492 e. The van der Waals surface area contributed by atoms with E-state index in [4.69, 9.17) is 14.3 Å². The number of hydrogen-bond donors (Lipinski definition) is 2. The van der Waals surface area contributed by atoms with E-state index >= 15 is 0 Å². The van der Waals surface area contributed by atoms with Crippen molar-refractivity contribution in [1.82, 2.24) is 10.3 Å². The van der Waals surface area contributed by atoms with Gasteiger partial charge in [0.1, 0.15) is 24.3 Å². The molecule has 0 spiro atoms. The van der Waals surface area contributed by atoms with Crippen LogP contribution >= 0.6 is 11.8 Å². The van der Waals surface area contributed by atoms with Crippen LogP contribution in [-0.2, 0) is 14.3 Å². The number of likely N-dealkylation sites (N-methyl/N-ethyl adjacent to an activating group) is 1. The molecular formula is C38H56N4O5S. The van der Waals surface area contributed by atoms with E-state index in [0.29, 0.717) is 47.9 Å². The minimum Gasteiger partial charge on any atom is -0.492 e. The van der Waals surface area contributed by atoms with Gasteiger partial charge in [-0.2, -0.15) is 0 Å². The number of amides is 1. The lowest BCUT2D eigenvalue weighted by atomic mass is 10.0. The van der Waals surface area contributed by atoms with Crippen molar-refractivity contribution >= 4 is 35.5 Å². The van der Waals surface area contributed by atoms with Gasteiger partial charge in [-0.3, -0.25) is 4.79 Å². The molecule has 3 atom stereocenters. The van der Waals surface area contributed by atoms with Crippen molar-refractivity contribution in [2.45, 2.75) is 84.1 Å². The minimum atomic E-state index is -1.07. The Bertz CT molecular complexity index is 1390. The quantitative estimate of drug-likeness (QED) is 0.0594. The first-order valence-electron chi connectivity index (χ1n) is 16.6. The molecule has 0 aromatic carbocycles. The predicted octanol–water partition coefficient (Wildman–Crippen LogP) is 6.63. The van der Waals surface area contributed by atoms with Crippen molar-refractivity contribution < 1.29 is 24.2 Å². The van der Waals surface area contributed by atoms with Gasteiger partial charge >= 0.3 is 0 Å². The molecular weight excluding hydrogens is 625 g/mol. The molecule has 1 aromatic heterocycles. The molecule has 2 bridgehead atoms. The highest BCUT2D eigenvalue weighted by Gasteiger charge is 2.40. The third-order valence-corrected chi connectivity index (χ3v) is 9.16. The van der Waals surface area contributed by atoms with Gasteiger partial charge < -0.3 is 34.5 Å². The second-order valence-corrected chi connectivity index (χ2v) is 14.0. The molecule has 4 rings (SSSR count). The molecule has 0 radical (unpaired) electrons. The Morgan fingerprint density at radius 3 is 2.52 bits per heavy atom. The molecule has 264 valence electrons. The normalized spacial score (nSPS) is 19.7. The Morgan fingerprint density at radius 2 is 1.92 bits per heavy atom. The van der Waals surface area contributed by atoms with Crippen LogP contribution in [0.2, 0.25) is 0 Å². The molecule has 9 nitrogen and oxygen atoms in total. The third-order valence-electron chi connectivity index (χ3n) is 7.84. The molecule has 1 aromatic rings. The molecule has 1 amide bonds. The third kappa shape index (κ3) is 13.5. The van der Waals surface area contributed by atoms with Gasteiger partial charge in [0, 0.05) is 44.0 Å². The summed E-state index contributed by atoms with van der Waals surface area (Å²) in [7, 11) is 2.07. The van der Waals surface area contributed by atoms with Crippen molar-refractivity contribution in [3.63, 3.8) is 0 Å². The summed E-state index contributed by atoms with van der Waals surface area (Å²) in [6.07, 6.45) is 13.5. The molecule has 3 unspecified atom stereocenters. The van der Waals surface area contributed by atoms with Crippen molar-refractivity contribution in [2.75, 3.05) is 49.7 Å². The van der Waals surface area contributed by atoms with Crippen molar-refractivity contribution in [3.05, 3.63) is 83.5 Å². The van der Waals surface area contributed by atoms with Crippen molar-refractivity contribution in [2.24, 2.45) is 5.92 Å². The Balaban J connectivity index is 0.000000309. The summed E-state index contributed by atoms with van der Waals surface area (Å²) in [5, 5.41) is 13.3. The maximum atomic E-state index is 12.4. The lowest BCUT2D eigenvalue weighted by Gasteiger charge is -2.34. The molecule has 48 heavy (non-hydrogen) atoms. The fraction of sp³-hybridized carbons (Fsp3) is 0.526. The monoisotopic (exact) mass is 680 g/mol. The summed E-state index contributed by atoms with van der Waals surface area (Å²) in [6.45, 7) is 22.7. The Morgan fingerprint density at radius 1 is 1.23 bits per heavy atom. The van der Waals surface area contributed by atoms with Gasteiger partial charge in [-0.25, -0.2) is 4.98 Å². The number of pyridine rings is 1. The number of allylic oxidation sites excluding steroid dienone is 5. The summed E-state index contributed by atoms with van der Waals surface area (Å²) >= 11 is 1.82. The molecule has 3 aliphatic rings. The van der Waals surface area contributed by atoms with Crippen molar-refractivity contribution in [1.29, 1.82) is 0 Å². The summed E-state index contributed by atoms with van der Waals surface area (Å²) in [5.74, 6) is 0.903. The zero-order valence-corrected chi connectivity index (χ0v) is 31.1. The smallest absolute Gasteiger partial charge is 0.270 e. The van der Waals surface area contributed by atoms with Gasteiger partial charge in [0.05, 0.1) is 17.5 Å². The number of fused-ring (bicyclic) bond motifs is 4. The van der Waals surface area contributed by atoms with E-state index in [0.717, 1.165) is 54.2 Å². The van der Waals surface area contributed by atoms with Crippen LogP contribution in [-0.4, -0.2) is 84.5 Å². The highest BCUT2D eigenvalue weighted by molar-refractivity contribution is 8.07. The van der Waals surface area contributed by atoms with E-state index in [1.54, 1.807) is 13.8 Å². The van der Waals surface area contributed by atoms with Crippen LogP contribution in [0.15, 0.2) is 77.8 Å². The lowest BCUT2D eigenvalue weighted by molar-refractivity contribution is -0.174. The molecule has 3 aliphatic heterocycles. The Labute approximate surface area is 292 Å². The Kier molecular flexibility index (Phi) is 17.0. The molecule has 4 heterocycles. The number of nitrogens with zero attached hydrogens (tertiary/aromatic N) is 3. The van der Waals surface area contributed by atoms with Crippen LogP contribution in [0.5, 0.6) is 0 Å². The zero-order valence-electron chi connectivity index (χ0n) is 30.3. The number of aldehydes is 1. The van der Waals surface area contributed by atoms with Gasteiger partial charge in [-0.15, -0.1) is 17.5 Å². The summed E-state index contributed by atoms with van der Waals surface area (Å²) in [4.78, 5) is 30.4. The number of ether oxygens (including phenoxy) is 2. The second kappa shape index (κ2) is 20.1. The summed E-state index contributed by atoms with van der Waals surface area (Å²) in [6, 6.07) is 4.36. The number of anilines is 2. The van der Waals surface area contributed by atoms with E-state index in [2.05, 4.69) is 53.3 Å². The van der Waals surface area contributed by atoms with Gasteiger partial charge in [-0.05, 0) is 89.3 Å². The first-order chi connectivity index (χ1) is 22.8. The zero-order chi connectivity index (χ0) is 35.9. The lowest BCUT2D eigenvalue weighted by Crippen LogP contribution is -2.40. The molecule has 2 saturated heterocycles. The number of aliphatic hydroxyl groups is 1. The minimum absolute atomic E-state index is 0.127. The summed E-state index contributed by atoms with van der Waals surface area (Å²) in [5.41, 5.74) is 6.78.